The molecule has 1 saturated carbocycles. The number of ether oxygens (including phenoxy) is 1. The summed E-state index contributed by atoms with van der Waals surface area (Å²) in [6.07, 6.45) is 8.10. The number of benzene rings is 1. The summed E-state index contributed by atoms with van der Waals surface area (Å²) in [5.74, 6) is 0.244. The van der Waals surface area contributed by atoms with Crippen LogP contribution in [0.2, 0.25) is 0 Å². The summed E-state index contributed by atoms with van der Waals surface area (Å²) < 4.78 is 19.5. The Hall–Kier alpha value is -1.09. The minimum atomic E-state index is -0.524. The van der Waals surface area contributed by atoms with Crippen molar-refractivity contribution >= 4 is 0 Å². The maximum atomic E-state index is 13.4. The molecule has 1 heterocycles. The number of aliphatic hydroxyl groups excluding tert-OH is 1. The lowest BCUT2D eigenvalue weighted by atomic mass is 9.79. The van der Waals surface area contributed by atoms with Gasteiger partial charge in [-0.15, -0.1) is 0 Å². The standard InChI is InChI=1S/C16H21FO2/c17-12-6-7-13-14(18)11-16(19-15(13)10-12)8-4-2-1-3-5-9-16/h6-7,10,14,18H,1-5,8-9,11H2. The van der Waals surface area contributed by atoms with E-state index in [1.165, 1.54) is 31.4 Å². The Bertz CT molecular complexity index is 450. The van der Waals surface area contributed by atoms with E-state index in [0.29, 0.717) is 12.2 Å². The van der Waals surface area contributed by atoms with Gasteiger partial charge in [0.25, 0.3) is 0 Å². The van der Waals surface area contributed by atoms with Crippen molar-refractivity contribution in [2.45, 2.75) is 63.1 Å². The van der Waals surface area contributed by atoms with Gasteiger partial charge in [-0.05, 0) is 37.8 Å². The third-order valence-electron chi connectivity index (χ3n) is 4.49. The van der Waals surface area contributed by atoms with Crippen molar-refractivity contribution in [3.8, 4) is 5.75 Å². The first-order chi connectivity index (χ1) is 9.19. The van der Waals surface area contributed by atoms with Gasteiger partial charge in [0.15, 0.2) is 0 Å². The summed E-state index contributed by atoms with van der Waals surface area (Å²) in [6, 6.07) is 4.45. The van der Waals surface area contributed by atoms with Crippen molar-refractivity contribution < 1.29 is 14.2 Å². The number of fused-ring (bicyclic) bond motifs is 1. The molecule has 3 rings (SSSR count). The molecule has 1 aromatic rings. The van der Waals surface area contributed by atoms with Crippen LogP contribution in [0.1, 0.15) is 63.0 Å². The first kappa shape index (κ1) is 12.9. The Morgan fingerprint density at radius 3 is 2.53 bits per heavy atom. The molecule has 1 fully saturated rings. The van der Waals surface area contributed by atoms with Gasteiger partial charge in [0.2, 0.25) is 0 Å². The minimum Gasteiger partial charge on any atom is -0.487 e. The number of hydrogen-bond donors (Lipinski definition) is 1. The number of hydrogen-bond acceptors (Lipinski definition) is 2. The highest BCUT2D eigenvalue weighted by atomic mass is 19.1. The van der Waals surface area contributed by atoms with Gasteiger partial charge < -0.3 is 9.84 Å². The van der Waals surface area contributed by atoms with Crippen LogP contribution in [0.25, 0.3) is 0 Å². The fourth-order valence-corrected chi connectivity index (χ4v) is 3.46. The van der Waals surface area contributed by atoms with Gasteiger partial charge in [0, 0.05) is 18.1 Å². The average Bonchev–Trinajstić information content (AvgIpc) is 2.34. The van der Waals surface area contributed by atoms with Crippen LogP contribution in [0.4, 0.5) is 4.39 Å². The van der Waals surface area contributed by atoms with Crippen LogP contribution in [0.3, 0.4) is 0 Å². The molecule has 1 atom stereocenters. The van der Waals surface area contributed by atoms with E-state index in [4.69, 9.17) is 4.74 Å². The van der Waals surface area contributed by atoms with E-state index >= 15 is 0 Å². The largest absolute Gasteiger partial charge is 0.487 e. The maximum Gasteiger partial charge on any atom is 0.128 e. The Morgan fingerprint density at radius 1 is 1.11 bits per heavy atom. The summed E-state index contributed by atoms with van der Waals surface area (Å²) in [5, 5.41) is 10.3. The SMILES string of the molecule is OC1CC2(CCCCCCC2)Oc2cc(F)ccc21. The molecule has 2 aliphatic rings. The monoisotopic (exact) mass is 264 g/mol. The van der Waals surface area contributed by atoms with E-state index in [1.807, 2.05) is 0 Å². The van der Waals surface area contributed by atoms with Crippen molar-refractivity contribution in [1.82, 2.24) is 0 Å². The first-order valence-electron chi connectivity index (χ1n) is 7.35. The topological polar surface area (TPSA) is 29.5 Å². The molecule has 0 radical (unpaired) electrons. The third kappa shape index (κ3) is 2.62. The number of halogens is 1. The third-order valence-corrected chi connectivity index (χ3v) is 4.49. The quantitative estimate of drug-likeness (QED) is 0.763. The van der Waals surface area contributed by atoms with Crippen LogP contribution in [0.15, 0.2) is 18.2 Å². The van der Waals surface area contributed by atoms with Crippen LogP contribution in [0, 0.1) is 5.82 Å². The average molecular weight is 264 g/mol. The van der Waals surface area contributed by atoms with Gasteiger partial charge in [-0.2, -0.15) is 0 Å². The zero-order valence-corrected chi connectivity index (χ0v) is 11.2. The van der Waals surface area contributed by atoms with E-state index in [-0.39, 0.29) is 11.4 Å². The fraction of sp³-hybridized carbons (Fsp3) is 0.625. The van der Waals surface area contributed by atoms with Gasteiger partial charge in [-0.25, -0.2) is 4.39 Å². The Labute approximate surface area is 113 Å². The normalized spacial score (nSPS) is 26.1. The molecule has 0 aromatic heterocycles. The molecule has 0 amide bonds. The second-order valence-corrected chi connectivity index (χ2v) is 5.95. The lowest BCUT2D eigenvalue weighted by Crippen LogP contribution is -2.41. The Morgan fingerprint density at radius 2 is 1.79 bits per heavy atom. The molecule has 104 valence electrons. The number of rotatable bonds is 0. The van der Waals surface area contributed by atoms with Crippen molar-refractivity contribution in [3.63, 3.8) is 0 Å². The molecular formula is C16H21FO2. The van der Waals surface area contributed by atoms with Crippen LogP contribution in [0.5, 0.6) is 5.75 Å². The molecule has 1 N–H and O–H groups in total. The molecule has 3 heteroatoms. The van der Waals surface area contributed by atoms with Gasteiger partial charge in [-0.3, -0.25) is 0 Å². The van der Waals surface area contributed by atoms with E-state index in [0.717, 1.165) is 31.2 Å². The molecule has 1 aromatic carbocycles. The predicted octanol–water partition coefficient (Wildman–Crippen LogP) is 4.12. The van der Waals surface area contributed by atoms with Crippen LogP contribution in [-0.2, 0) is 0 Å². The van der Waals surface area contributed by atoms with Gasteiger partial charge in [0.1, 0.15) is 17.2 Å². The molecule has 1 unspecified atom stereocenters. The minimum absolute atomic E-state index is 0.277. The first-order valence-corrected chi connectivity index (χ1v) is 7.35. The predicted molar refractivity (Wildman–Crippen MR) is 71.7 cm³/mol. The van der Waals surface area contributed by atoms with Gasteiger partial charge >= 0.3 is 0 Å². The zero-order chi connectivity index (χ0) is 13.3. The summed E-state index contributed by atoms with van der Waals surface area (Å²) in [4.78, 5) is 0. The van der Waals surface area contributed by atoms with Crippen molar-refractivity contribution in [1.29, 1.82) is 0 Å². The van der Waals surface area contributed by atoms with Crippen molar-refractivity contribution in [2.75, 3.05) is 0 Å². The molecule has 1 spiro atoms. The molecule has 0 bridgehead atoms. The fourth-order valence-electron chi connectivity index (χ4n) is 3.46. The smallest absolute Gasteiger partial charge is 0.128 e. The van der Waals surface area contributed by atoms with E-state index < -0.39 is 6.10 Å². The zero-order valence-electron chi connectivity index (χ0n) is 11.2. The second-order valence-electron chi connectivity index (χ2n) is 5.95. The summed E-state index contributed by atoms with van der Waals surface area (Å²) in [5.41, 5.74) is 0.453. The van der Waals surface area contributed by atoms with Crippen molar-refractivity contribution in [3.05, 3.63) is 29.6 Å². The van der Waals surface area contributed by atoms with E-state index in [2.05, 4.69) is 0 Å². The maximum absolute atomic E-state index is 13.4. The highest BCUT2D eigenvalue weighted by Gasteiger charge is 2.40. The molecule has 2 nitrogen and oxygen atoms in total. The molecule has 19 heavy (non-hydrogen) atoms. The lowest BCUT2D eigenvalue weighted by Gasteiger charge is -2.42. The Kier molecular flexibility index (Phi) is 3.48. The summed E-state index contributed by atoms with van der Waals surface area (Å²) >= 11 is 0. The molecular weight excluding hydrogens is 243 g/mol. The molecule has 0 saturated heterocycles. The lowest BCUT2D eigenvalue weighted by molar-refractivity contribution is -0.0315. The second kappa shape index (κ2) is 5.12. The highest BCUT2D eigenvalue weighted by molar-refractivity contribution is 5.38. The summed E-state index contributed by atoms with van der Waals surface area (Å²) in [7, 11) is 0. The van der Waals surface area contributed by atoms with Crippen LogP contribution >= 0.6 is 0 Å². The van der Waals surface area contributed by atoms with E-state index in [1.54, 1.807) is 6.07 Å². The van der Waals surface area contributed by atoms with Crippen LogP contribution < -0.4 is 4.74 Å². The summed E-state index contributed by atoms with van der Waals surface area (Å²) in [6.45, 7) is 0. The van der Waals surface area contributed by atoms with Gasteiger partial charge in [0.05, 0.1) is 6.10 Å². The Balaban J connectivity index is 1.89. The highest BCUT2D eigenvalue weighted by Crippen LogP contribution is 2.45. The molecule has 1 aliphatic heterocycles. The van der Waals surface area contributed by atoms with Crippen molar-refractivity contribution in [2.24, 2.45) is 0 Å². The van der Waals surface area contributed by atoms with Gasteiger partial charge in [-0.1, -0.05) is 19.3 Å². The molecule has 1 aliphatic carbocycles. The van der Waals surface area contributed by atoms with E-state index in [9.17, 15) is 9.50 Å². The van der Waals surface area contributed by atoms with Crippen LogP contribution in [-0.4, -0.2) is 10.7 Å². The number of aliphatic hydroxyl groups is 1.